The summed E-state index contributed by atoms with van der Waals surface area (Å²) in [4.78, 5) is 16.0. The van der Waals surface area contributed by atoms with Gasteiger partial charge < -0.3 is 11.1 Å². The number of rotatable bonds is 2. The van der Waals surface area contributed by atoms with Gasteiger partial charge in [0.1, 0.15) is 0 Å². The van der Waals surface area contributed by atoms with Crippen LogP contribution in [0.4, 0.5) is 11.4 Å². The van der Waals surface area contributed by atoms with Gasteiger partial charge in [-0.25, -0.2) is 0 Å². The molecule has 4 heteroatoms. The largest absolute Gasteiger partial charge is 0.398 e. The second-order valence-electron chi connectivity index (χ2n) is 4.28. The van der Waals surface area contributed by atoms with Crippen molar-refractivity contribution in [2.24, 2.45) is 0 Å². The molecular formula is C14H15N3O. The molecule has 0 aliphatic carbocycles. The third-order valence-corrected chi connectivity index (χ3v) is 2.67. The van der Waals surface area contributed by atoms with Crippen molar-refractivity contribution in [1.82, 2.24) is 4.98 Å². The van der Waals surface area contributed by atoms with Crippen LogP contribution in [0.5, 0.6) is 0 Å². The zero-order chi connectivity index (χ0) is 13.1. The minimum absolute atomic E-state index is 0.186. The molecule has 2 rings (SSSR count). The van der Waals surface area contributed by atoms with Crippen molar-refractivity contribution in [3.8, 4) is 0 Å². The van der Waals surface area contributed by atoms with Gasteiger partial charge in [0.05, 0.1) is 11.9 Å². The SMILES string of the molecule is Cc1cncc(NC(=O)c2ccc(C)c(N)c2)c1. The fourth-order valence-corrected chi connectivity index (χ4v) is 1.61. The second kappa shape index (κ2) is 4.87. The van der Waals surface area contributed by atoms with Crippen molar-refractivity contribution in [2.45, 2.75) is 13.8 Å². The van der Waals surface area contributed by atoms with Gasteiger partial charge in [-0.1, -0.05) is 6.07 Å². The first-order valence-electron chi connectivity index (χ1n) is 5.65. The molecule has 1 amide bonds. The first-order chi connectivity index (χ1) is 8.56. The summed E-state index contributed by atoms with van der Waals surface area (Å²) in [7, 11) is 0. The van der Waals surface area contributed by atoms with Crippen LogP contribution in [0.1, 0.15) is 21.5 Å². The van der Waals surface area contributed by atoms with Crippen molar-refractivity contribution in [2.75, 3.05) is 11.1 Å². The molecule has 0 unspecified atom stereocenters. The highest BCUT2D eigenvalue weighted by atomic mass is 16.1. The number of carbonyl (C=O) groups excluding carboxylic acids is 1. The van der Waals surface area contributed by atoms with Crippen molar-refractivity contribution >= 4 is 17.3 Å². The first-order valence-corrected chi connectivity index (χ1v) is 5.65. The van der Waals surface area contributed by atoms with E-state index in [1.165, 1.54) is 0 Å². The Labute approximate surface area is 106 Å². The van der Waals surface area contributed by atoms with Gasteiger partial charge in [0.15, 0.2) is 0 Å². The maximum Gasteiger partial charge on any atom is 0.255 e. The van der Waals surface area contributed by atoms with Gasteiger partial charge in [0.2, 0.25) is 0 Å². The van der Waals surface area contributed by atoms with Crippen molar-refractivity contribution in [3.63, 3.8) is 0 Å². The number of amides is 1. The van der Waals surface area contributed by atoms with Crippen LogP contribution >= 0.6 is 0 Å². The Morgan fingerprint density at radius 2 is 2.00 bits per heavy atom. The lowest BCUT2D eigenvalue weighted by Crippen LogP contribution is -2.12. The van der Waals surface area contributed by atoms with Crippen LogP contribution in [0.25, 0.3) is 0 Å². The van der Waals surface area contributed by atoms with Crippen LogP contribution in [-0.2, 0) is 0 Å². The molecule has 1 aromatic heterocycles. The van der Waals surface area contributed by atoms with E-state index in [1.807, 2.05) is 26.0 Å². The maximum atomic E-state index is 12.0. The van der Waals surface area contributed by atoms with Crippen LogP contribution in [-0.4, -0.2) is 10.9 Å². The Morgan fingerprint density at radius 3 is 2.67 bits per heavy atom. The summed E-state index contributed by atoms with van der Waals surface area (Å²) in [5.74, 6) is -0.186. The normalized spacial score (nSPS) is 10.1. The highest BCUT2D eigenvalue weighted by Crippen LogP contribution is 2.15. The van der Waals surface area contributed by atoms with Crippen molar-refractivity contribution in [3.05, 3.63) is 53.3 Å². The van der Waals surface area contributed by atoms with Crippen LogP contribution in [0.15, 0.2) is 36.7 Å². The molecule has 2 aromatic rings. The number of nitrogen functional groups attached to an aromatic ring is 1. The highest BCUT2D eigenvalue weighted by Gasteiger charge is 2.07. The number of aryl methyl sites for hydroxylation is 2. The predicted molar refractivity (Wildman–Crippen MR) is 72.5 cm³/mol. The number of anilines is 2. The molecule has 1 heterocycles. The molecule has 0 radical (unpaired) electrons. The van der Waals surface area contributed by atoms with E-state index in [1.54, 1.807) is 24.5 Å². The molecule has 4 nitrogen and oxygen atoms in total. The molecule has 0 bridgehead atoms. The van der Waals surface area contributed by atoms with E-state index < -0.39 is 0 Å². The predicted octanol–water partition coefficient (Wildman–Crippen LogP) is 2.53. The molecule has 92 valence electrons. The van der Waals surface area contributed by atoms with E-state index in [4.69, 9.17) is 5.73 Å². The molecule has 1 aromatic carbocycles. The van der Waals surface area contributed by atoms with Gasteiger partial charge in [-0.15, -0.1) is 0 Å². The Balaban J connectivity index is 2.19. The highest BCUT2D eigenvalue weighted by molar-refractivity contribution is 6.04. The minimum atomic E-state index is -0.186. The lowest BCUT2D eigenvalue weighted by molar-refractivity contribution is 0.102. The number of benzene rings is 1. The van der Waals surface area contributed by atoms with Crippen LogP contribution < -0.4 is 11.1 Å². The number of carbonyl (C=O) groups is 1. The van der Waals surface area contributed by atoms with E-state index in [2.05, 4.69) is 10.3 Å². The molecule has 0 fully saturated rings. The van der Waals surface area contributed by atoms with Crippen LogP contribution in [0, 0.1) is 13.8 Å². The molecule has 0 saturated heterocycles. The monoisotopic (exact) mass is 241 g/mol. The number of nitrogens with two attached hydrogens (primary N) is 1. The van der Waals surface area contributed by atoms with Crippen molar-refractivity contribution < 1.29 is 4.79 Å². The zero-order valence-electron chi connectivity index (χ0n) is 10.4. The quantitative estimate of drug-likeness (QED) is 0.794. The fourth-order valence-electron chi connectivity index (χ4n) is 1.61. The number of hydrogen-bond donors (Lipinski definition) is 2. The van der Waals surface area contributed by atoms with E-state index in [0.717, 1.165) is 11.1 Å². The second-order valence-corrected chi connectivity index (χ2v) is 4.28. The zero-order valence-corrected chi connectivity index (χ0v) is 10.4. The third-order valence-electron chi connectivity index (χ3n) is 2.67. The van der Waals surface area contributed by atoms with E-state index in [0.29, 0.717) is 16.9 Å². The standard InChI is InChI=1S/C14H15N3O/c1-9-5-12(8-16-7-9)17-14(18)11-4-3-10(2)13(15)6-11/h3-8H,15H2,1-2H3,(H,17,18). The van der Waals surface area contributed by atoms with E-state index >= 15 is 0 Å². The average molecular weight is 241 g/mol. The van der Waals surface area contributed by atoms with Gasteiger partial charge in [-0.05, 0) is 43.2 Å². The minimum Gasteiger partial charge on any atom is -0.398 e. The van der Waals surface area contributed by atoms with Gasteiger partial charge in [0.25, 0.3) is 5.91 Å². The van der Waals surface area contributed by atoms with E-state index in [9.17, 15) is 4.79 Å². The number of hydrogen-bond acceptors (Lipinski definition) is 3. The molecule has 0 aliphatic heterocycles. The number of pyridine rings is 1. The first kappa shape index (κ1) is 12.1. The molecule has 3 N–H and O–H groups in total. The summed E-state index contributed by atoms with van der Waals surface area (Å²) < 4.78 is 0. The summed E-state index contributed by atoms with van der Waals surface area (Å²) in [6.07, 6.45) is 3.35. The molecular weight excluding hydrogens is 226 g/mol. The molecule has 0 spiro atoms. The summed E-state index contributed by atoms with van der Waals surface area (Å²) in [6, 6.07) is 7.12. The summed E-state index contributed by atoms with van der Waals surface area (Å²) in [5, 5.41) is 2.79. The summed E-state index contributed by atoms with van der Waals surface area (Å²) in [5.41, 5.74) is 9.58. The fraction of sp³-hybridized carbons (Fsp3) is 0.143. The Bertz CT molecular complexity index is 593. The lowest BCUT2D eigenvalue weighted by Gasteiger charge is -2.07. The van der Waals surface area contributed by atoms with Crippen LogP contribution in [0.2, 0.25) is 0 Å². The average Bonchev–Trinajstić information content (AvgIpc) is 2.32. The van der Waals surface area contributed by atoms with Crippen molar-refractivity contribution in [1.29, 1.82) is 0 Å². The molecule has 0 aliphatic rings. The van der Waals surface area contributed by atoms with Gasteiger partial charge in [-0.3, -0.25) is 9.78 Å². The van der Waals surface area contributed by atoms with E-state index in [-0.39, 0.29) is 5.91 Å². The Morgan fingerprint density at radius 1 is 1.22 bits per heavy atom. The Hall–Kier alpha value is -2.36. The van der Waals surface area contributed by atoms with Gasteiger partial charge in [-0.2, -0.15) is 0 Å². The number of aromatic nitrogens is 1. The van der Waals surface area contributed by atoms with Crippen LogP contribution in [0.3, 0.4) is 0 Å². The molecule has 18 heavy (non-hydrogen) atoms. The lowest BCUT2D eigenvalue weighted by atomic mass is 10.1. The molecule has 0 saturated carbocycles. The number of nitrogens with zero attached hydrogens (tertiary/aromatic N) is 1. The maximum absolute atomic E-state index is 12.0. The van der Waals surface area contributed by atoms with Gasteiger partial charge in [0, 0.05) is 17.4 Å². The smallest absolute Gasteiger partial charge is 0.255 e. The summed E-state index contributed by atoms with van der Waals surface area (Å²) >= 11 is 0. The van der Waals surface area contributed by atoms with Gasteiger partial charge >= 0.3 is 0 Å². The topological polar surface area (TPSA) is 68.0 Å². The Kier molecular flexibility index (Phi) is 3.28. The molecule has 0 atom stereocenters. The number of nitrogens with one attached hydrogen (secondary N) is 1. The third kappa shape index (κ3) is 2.66. The summed E-state index contributed by atoms with van der Waals surface area (Å²) in [6.45, 7) is 3.83.